The van der Waals surface area contributed by atoms with Crippen LogP contribution in [-0.2, 0) is 4.79 Å². The molecule has 4 nitrogen and oxygen atoms in total. The van der Waals surface area contributed by atoms with E-state index in [0.717, 1.165) is 10.0 Å². The van der Waals surface area contributed by atoms with Crippen molar-refractivity contribution in [2.75, 3.05) is 11.5 Å². The van der Waals surface area contributed by atoms with Gasteiger partial charge in [-0.15, -0.1) is 6.42 Å². The first-order valence-electron chi connectivity index (χ1n) is 7.37. The lowest BCUT2D eigenvalue weighted by Gasteiger charge is -2.13. The van der Waals surface area contributed by atoms with Gasteiger partial charge >= 0.3 is 0 Å². The molecule has 6 heteroatoms. The summed E-state index contributed by atoms with van der Waals surface area (Å²) in [6.45, 7) is 0.219. The average molecular weight is 413 g/mol. The van der Waals surface area contributed by atoms with E-state index in [-0.39, 0.29) is 12.5 Å². The van der Waals surface area contributed by atoms with Gasteiger partial charge in [-0.2, -0.15) is 0 Å². The molecule has 0 unspecified atom stereocenters. The first-order valence-corrected chi connectivity index (χ1v) is 8.57. The number of carbonyl (C=O) groups excluding carboxylic acids is 1. The number of hydrogen-bond acceptors (Lipinski definition) is 3. The van der Waals surface area contributed by atoms with Crippen LogP contribution in [0, 0.1) is 12.3 Å². The molecule has 1 amide bonds. The minimum absolute atomic E-state index is 0.194. The second-order valence-corrected chi connectivity index (χ2v) is 6.47. The van der Waals surface area contributed by atoms with Crippen LogP contribution in [0.1, 0.15) is 5.56 Å². The molecular formula is C19H13BrN2O2S. The largest absolute Gasteiger partial charge is 0.481 e. The quantitative estimate of drug-likeness (QED) is 0.471. The second-order valence-electron chi connectivity index (χ2n) is 5.17. The first kappa shape index (κ1) is 17.2. The maximum Gasteiger partial charge on any atom is 0.281 e. The predicted octanol–water partition coefficient (Wildman–Crippen LogP) is 3.72. The molecule has 1 aliphatic rings. The van der Waals surface area contributed by atoms with E-state index >= 15 is 0 Å². The van der Waals surface area contributed by atoms with E-state index in [9.17, 15) is 4.79 Å². The minimum atomic E-state index is -0.194. The van der Waals surface area contributed by atoms with Crippen LogP contribution in [0.3, 0.4) is 0 Å². The number of rotatable bonds is 4. The van der Waals surface area contributed by atoms with Crippen molar-refractivity contribution in [2.24, 2.45) is 0 Å². The van der Waals surface area contributed by atoms with E-state index in [4.69, 9.17) is 23.4 Å². The summed E-state index contributed by atoms with van der Waals surface area (Å²) in [5.41, 5.74) is 1.99. The molecule has 1 fully saturated rings. The Morgan fingerprint density at radius 1 is 1.20 bits per heavy atom. The van der Waals surface area contributed by atoms with Crippen LogP contribution in [0.4, 0.5) is 5.69 Å². The average Bonchev–Trinajstić information content (AvgIpc) is 2.89. The molecular weight excluding hydrogens is 400 g/mol. The zero-order valence-corrected chi connectivity index (χ0v) is 15.4. The molecule has 0 radical (unpaired) electrons. The molecule has 0 aromatic heterocycles. The van der Waals surface area contributed by atoms with Crippen LogP contribution in [0.15, 0.2) is 58.7 Å². The summed E-state index contributed by atoms with van der Waals surface area (Å²) in [4.78, 5) is 14.1. The fourth-order valence-corrected chi connectivity index (χ4v) is 2.87. The van der Waals surface area contributed by atoms with Gasteiger partial charge in [0.2, 0.25) is 0 Å². The first-order chi connectivity index (χ1) is 12.1. The van der Waals surface area contributed by atoms with E-state index in [1.165, 1.54) is 4.90 Å². The van der Waals surface area contributed by atoms with E-state index in [1.54, 1.807) is 18.2 Å². The SMILES string of the molecule is C#CCOc1ccc(/C=C2\NC(=S)N(c3ccc(Br)cc3)C2=O)cc1. The summed E-state index contributed by atoms with van der Waals surface area (Å²) in [5, 5.41) is 3.32. The zero-order valence-electron chi connectivity index (χ0n) is 13.0. The number of anilines is 1. The highest BCUT2D eigenvalue weighted by Crippen LogP contribution is 2.24. The Kier molecular flexibility index (Phi) is 5.17. The van der Waals surface area contributed by atoms with Gasteiger partial charge in [0.1, 0.15) is 18.1 Å². The van der Waals surface area contributed by atoms with E-state index in [0.29, 0.717) is 22.2 Å². The van der Waals surface area contributed by atoms with Crippen molar-refractivity contribution in [1.82, 2.24) is 5.32 Å². The van der Waals surface area contributed by atoms with Crippen molar-refractivity contribution in [3.8, 4) is 18.1 Å². The summed E-state index contributed by atoms with van der Waals surface area (Å²) in [5.74, 6) is 2.90. The van der Waals surface area contributed by atoms with Crippen molar-refractivity contribution < 1.29 is 9.53 Å². The summed E-state index contributed by atoms with van der Waals surface area (Å²) < 4.78 is 6.27. The number of amides is 1. The van der Waals surface area contributed by atoms with Crippen LogP contribution < -0.4 is 15.0 Å². The highest BCUT2D eigenvalue weighted by atomic mass is 79.9. The van der Waals surface area contributed by atoms with Gasteiger partial charge in [-0.05, 0) is 60.3 Å². The summed E-state index contributed by atoms with van der Waals surface area (Å²) >= 11 is 8.67. The summed E-state index contributed by atoms with van der Waals surface area (Å²) in [6, 6.07) is 14.7. The number of hydrogen-bond donors (Lipinski definition) is 1. The maximum atomic E-state index is 12.7. The van der Waals surface area contributed by atoms with Gasteiger partial charge in [-0.25, -0.2) is 0 Å². The third-order valence-electron chi connectivity index (χ3n) is 3.48. The third kappa shape index (κ3) is 3.90. The molecule has 25 heavy (non-hydrogen) atoms. The predicted molar refractivity (Wildman–Crippen MR) is 106 cm³/mol. The second kappa shape index (κ2) is 7.51. The maximum absolute atomic E-state index is 12.7. The number of nitrogens with one attached hydrogen (secondary N) is 1. The number of halogens is 1. The van der Waals surface area contributed by atoms with Gasteiger partial charge in [-0.3, -0.25) is 9.69 Å². The Morgan fingerprint density at radius 2 is 1.88 bits per heavy atom. The normalized spacial score (nSPS) is 15.2. The highest BCUT2D eigenvalue weighted by Gasteiger charge is 2.31. The molecule has 0 aliphatic carbocycles. The van der Waals surface area contributed by atoms with Crippen molar-refractivity contribution in [3.63, 3.8) is 0 Å². The smallest absolute Gasteiger partial charge is 0.281 e. The van der Waals surface area contributed by atoms with Crippen LogP contribution in [0.5, 0.6) is 5.75 Å². The Labute approximate surface area is 159 Å². The van der Waals surface area contributed by atoms with Gasteiger partial charge < -0.3 is 10.1 Å². The molecule has 3 rings (SSSR count). The Bertz CT molecular complexity index is 883. The van der Waals surface area contributed by atoms with Gasteiger partial charge in [-0.1, -0.05) is 34.0 Å². The third-order valence-corrected chi connectivity index (χ3v) is 4.29. The number of ether oxygens (including phenoxy) is 1. The lowest BCUT2D eigenvalue weighted by atomic mass is 10.2. The molecule has 0 saturated carbocycles. The molecule has 1 N–H and O–H groups in total. The molecule has 0 bridgehead atoms. The summed E-state index contributed by atoms with van der Waals surface area (Å²) in [7, 11) is 0. The standard InChI is InChI=1S/C19H13BrN2O2S/c1-2-11-24-16-9-3-13(4-10-16)12-17-18(23)22(19(25)21-17)15-7-5-14(20)6-8-15/h1,3-10,12H,11H2,(H,21,25)/b17-12-. The Balaban J connectivity index is 1.80. The van der Waals surface area contributed by atoms with E-state index < -0.39 is 0 Å². The van der Waals surface area contributed by atoms with Gasteiger partial charge in [0, 0.05) is 4.47 Å². The van der Waals surface area contributed by atoms with Crippen LogP contribution in [-0.4, -0.2) is 17.6 Å². The lowest BCUT2D eigenvalue weighted by Crippen LogP contribution is -2.30. The van der Waals surface area contributed by atoms with Crippen LogP contribution >= 0.6 is 28.1 Å². The van der Waals surface area contributed by atoms with E-state index in [2.05, 4.69) is 27.2 Å². The lowest BCUT2D eigenvalue weighted by molar-refractivity contribution is -0.113. The molecule has 1 aliphatic heterocycles. The zero-order chi connectivity index (χ0) is 17.8. The van der Waals surface area contributed by atoms with Crippen molar-refractivity contribution in [2.45, 2.75) is 0 Å². The molecule has 2 aromatic rings. The van der Waals surface area contributed by atoms with Gasteiger partial charge in [0.05, 0.1) is 5.69 Å². The molecule has 1 saturated heterocycles. The number of thiocarbonyl (C=S) groups is 1. The molecule has 2 aromatic carbocycles. The minimum Gasteiger partial charge on any atom is -0.481 e. The summed E-state index contributed by atoms with van der Waals surface area (Å²) in [6.07, 6.45) is 6.91. The van der Waals surface area contributed by atoms with Crippen molar-refractivity contribution >= 4 is 50.9 Å². The Morgan fingerprint density at radius 3 is 2.52 bits per heavy atom. The monoisotopic (exact) mass is 412 g/mol. The molecule has 0 atom stereocenters. The number of carbonyl (C=O) groups is 1. The van der Waals surface area contributed by atoms with Crippen LogP contribution in [0.2, 0.25) is 0 Å². The van der Waals surface area contributed by atoms with Crippen molar-refractivity contribution in [3.05, 3.63) is 64.3 Å². The topological polar surface area (TPSA) is 41.6 Å². The van der Waals surface area contributed by atoms with Crippen molar-refractivity contribution in [1.29, 1.82) is 0 Å². The Hall–Kier alpha value is -2.62. The number of benzene rings is 2. The van der Waals surface area contributed by atoms with E-state index in [1.807, 2.05) is 36.4 Å². The number of nitrogens with zero attached hydrogens (tertiary/aromatic N) is 1. The fraction of sp³-hybridized carbons (Fsp3) is 0.0526. The fourth-order valence-electron chi connectivity index (χ4n) is 2.31. The highest BCUT2D eigenvalue weighted by molar-refractivity contribution is 9.10. The van der Waals surface area contributed by atoms with Gasteiger partial charge in [0.25, 0.3) is 5.91 Å². The number of terminal acetylenes is 1. The molecule has 124 valence electrons. The molecule has 1 heterocycles. The molecule has 0 spiro atoms. The van der Waals surface area contributed by atoms with Crippen LogP contribution in [0.25, 0.3) is 6.08 Å². The van der Waals surface area contributed by atoms with Gasteiger partial charge in [0.15, 0.2) is 5.11 Å².